The van der Waals surface area contributed by atoms with Crippen molar-refractivity contribution in [2.75, 3.05) is 13.2 Å². The van der Waals surface area contributed by atoms with Crippen LogP contribution in [-0.2, 0) is 4.74 Å². The molecule has 0 saturated heterocycles. The first kappa shape index (κ1) is 11.0. The molecule has 0 aromatic heterocycles. The number of benzene rings is 1. The molecule has 76 valence electrons. The molecule has 1 aromatic rings. The summed E-state index contributed by atoms with van der Waals surface area (Å²) in [4.78, 5) is 0. The van der Waals surface area contributed by atoms with Crippen molar-refractivity contribution < 1.29 is 9.84 Å². The lowest BCUT2D eigenvalue weighted by Crippen LogP contribution is -1.99. The Labute approximate surface area is 84.8 Å². The van der Waals surface area contributed by atoms with Gasteiger partial charge in [-0.05, 0) is 12.5 Å². The normalized spacial score (nSPS) is 13.3. The molecule has 0 heterocycles. The van der Waals surface area contributed by atoms with E-state index in [1.807, 2.05) is 43.3 Å². The topological polar surface area (TPSA) is 29.5 Å². The molecule has 0 amide bonds. The van der Waals surface area contributed by atoms with Crippen LogP contribution in [0.4, 0.5) is 0 Å². The van der Waals surface area contributed by atoms with E-state index >= 15 is 0 Å². The predicted molar refractivity (Wildman–Crippen MR) is 57.0 cm³/mol. The first-order chi connectivity index (χ1) is 6.84. The van der Waals surface area contributed by atoms with Gasteiger partial charge in [-0.1, -0.05) is 42.5 Å². The fourth-order valence-corrected chi connectivity index (χ4v) is 1.16. The molecule has 2 nitrogen and oxygen atoms in total. The van der Waals surface area contributed by atoms with Crippen molar-refractivity contribution in [3.05, 3.63) is 48.0 Å². The maximum Gasteiger partial charge on any atom is 0.0801 e. The van der Waals surface area contributed by atoms with Gasteiger partial charge in [-0.3, -0.25) is 0 Å². The summed E-state index contributed by atoms with van der Waals surface area (Å²) in [6, 6.07) is 10.1. The van der Waals surface area contributed by atoms with E-state index in [9.17, 15) is 0 Å². The summed E-state index contributed by atoms with van der Waals surface area (Å²) in [5.41, 5.74) is 1.17. The van der Waals surface area contributed by atoms with Crippen LogP contribution in [0.5, 0.6) is 0 Å². The summed E-state index contributed by atoms with van der Waals surface area (Å²) in [5, 5.41) is 8.51. The SMILES string of the molecule is CC(OC/C=C/CO)c1ccccc1. The summed E-state index contributed by atoms with van der Waals surface area (Å²) in [7, 11) is 0. The van der Waals surface area contributed by atoms with Crippen LogP contribution in [0.2, 0.25) is 0 Å². The van der Waals surface area contributed by atoms with Gasteiger partial charge in [0.05, 0.1) is 19.3 Å². The van der Waals surface area contributed by atoms with Crippen LogP contribution < -0.4 is 0 Å². The molecule has 0 aliphatic rings. The monoisotopic (exact) mass is 192 g/mol. The first-order valence-corrected chi connectivity index (χ1v) is 4.77. The lowest BCUT2D eigenvalue weighted by molar-refractivity contribution is 0.0883. The molecule has 0 aliphatic heterocycles. The fourth-order valence-electron chi connectivity index (χ4n) is 1.16. The smallest absolute Gasteiger partial charge is 0.0801 e. The van der Waals surface area contributed by atoms with Gasteiger partial charge in [0.15, 0.2) is 0 Å². The van der Waals surface area contributed by atoms with Crippen LogP contribution in [0.1, 0.15) is 18.6 Å². The highest BCUT2D eigenvalue weighted by Crippen LogP contribution is 2.15. The highest BCUT2D eigenvalue weighted by Gasteiger charge is 2.02. The molecule has 1 aromatic carbocycles. The number of hydrogen-bond acceptors (Lipinski definition) is 2. The fraction of sp³-hybridized carbons (Fsp3) is 0.333. The van der Waals surface area contributed by atoms with E-state index in [1.165, 1.54) is 5.56 Å². The Kier molecular flexibility index (Phi) is 4.97. The molecule has 0 bridgehead atoms. The molecule has 1 unspecified atom stereocenters. The summed E-state index contributed by atoms with van der Waals surface area (Å²) >= 11 is 0. The molecule has 0 aliphatic carbocycles. The molecular weight excluding hydrogens is 176 g/mol. The largest absolute Gasteiger partial charge is 0.392 e. The van der Waals surface area contributed by atoms with E-state index < -0.39 is 0 Å². The van der Waals surface area contributed by atoms with Gasteiger partial charge in [-0.2, -0.15) is 0 Å². The van der Waals surface area contributed by atoms with Gasteiger partial charge in [0, 0.05) is 0 Å². The molecule has 0 fully saturated rings. The maximum atomic E-state index is 8.51. The number of hydrogen-bond donors (Lipinski definition) is 1. The summed E-state index contributed by atoms with van der Waals surface area (Å²) in [5.74, 6) is 0. The molecule has 1 atom stereocenters. The second-order valence-corrected chi connectivity index (χ2v) is 3.04. The van der Waals surface area contributed by atoms with Crippen LogP contribution in [0, 0.1) is 0 Å². The Bertz CT molecular complexity index is 267. The van der Waals surface area contributed by atoms with Crippen molar-refractivity contribution in [2.45, 2.75) is 13.0 Å². The number of rotatable bonds is 5. The maximum absolute atomic E-state index is 8.51. The molecule has 0 saturated carbocycles. The first-order valence-electron chi connectivity index (χ1n) is 4.77. The Morgan fingerprint density at radius 2 is 2.00 bits per heavy atom. The highest BCUT2D eigenvalue weighted by molar-refractivity contribution is 5.16. The lowest BCUT2D eigenvalue weighted by Gasteiger charge is -2.11. The Hall–Kier alpha value is -1.12. The van der Waals surface area contributed by atoms with Gasteiger partial charge in [0.25, 0.3) is 0 Å². The average Bonchev–Trinajstić information content (AvgIpc) is 2.25. The molecule has 14 heavy (non-hydrogen) atoms. The van der Waals surface area contributed by atoms with E-state index in [4.69, 9.17) is 9.84 Å². The summed E-state index contributed by atoms with van der Waals surface area (Å²) in [6.07, 6.45) is 3.59. The van der Waals surface area contributed by atoms with E-state index in [1.54, 1.807) is 6.08 Å². The zero-order valence-electron chi connectivity index (χ0n) is 8.39. The molecule has 0 spiro atoms. The van der Waals surface area contributed by atoms with Crippen LogP contribution in [0.25, 0.3) is 0 Å². The van der Waals surface area contributed by atoms with Crippen molar-refractivity contribution in [3.63, 3.8) is 0 Å². The lowest BCUT2D eigenvalue weighted by atomic mass is 10.1. The molecule has 1 N–H and O–H groups in total. The Morgan fingerprint density at radius 1 is 1.29 bits per heavy atom. The minimum atomic E-state index is 0.0725. The Balaban J connectivity index is 2.36. The summed E-state index contributed by atoms with van der Waals surface area (Å²) in [6.45, 7) is 2.63. The van der Waals surface area contributed by atoms with Gasteiger partial charge in [-0.25, -0.2) is 0 Å². The van der Waals surface area contributed by atoms with Gasteiger partial charge in [0.2, 0.25) is 0 Å². The average molecular weight is 192 g/mol. The molecular formula is C12H16O2. The molecule has 0 radical (unpaired) electrons. The van der Waals surface area contributed by atoms with Crippen molar-refractivity contribution in [2.24, 2.45) is 0 Å². The zero-order valence-corrected chi connectivity index (χ0v) is 8.39. The third kappa shape index (κ3) is 3.73. The van der Waals surface area contributed by atoms with Gasteiger partial charge in [0.1, 0.15) is 0 Å². The van der Waals surface area contributed by atoms with Gasteiger partial charge in [-0.15, -0.1) is 0 Å². The third-order valence-electron chi connectivity index (χ3n) is 1.98. The van der Waals surface area contributed by atoms with Crippen molar-refractivity contribution in [3.8, 4) is 0 Å². The van der Waals surface area contributed by atoms with Crippen LogP contribution in [-0.4, -0.2) is 18.3 Å². The third-order valence-corrected chi connectivity index (χ3v) is 1.98. The van der Waals surface area contributed by atoms with E-state index in [-0.39, 0.29) is 12.7 Å². The minimum Gasteiger partial charge on any atom is -0.392 e. The molecule has 1 rings (SSSR count). The van der Waals surface area contributed by atoms with Crippen molar-refractivity contribution in [1.82, 2.24) is 0 Å². The highest BCUT2D eigenvalue weighted by atomic mass is 16.5. The second-order valence-electron chi connectivity index (χ2n) is 3.04. The Morgan fingerprint density at radius 3 is 2.64 bits per heavy atom. The van der Waals surface area contributed by atoms with Gasteiger partial charge < -0.3 is 9.84 Å². The van der Waals surface area contributed by atoms with Crippen molar-refractivity contribution >= 4 is 0 Å². The van der Waals surface area contributed by atoms with E-state index in [0.717, 1.165) is 0 Å². The second kappa shape index (κ2) is 6.35. The standard InChI is InChI=1S/C12H16O2/c1-11(14-10-6-5-9-13)12-7-3-2-4-8-12/h2-8,11,13H,9-10H2,1H3/b6-5+. The summed E-state index contributed by atoms with van der Waals surface area (Å²) < 4.78 is 5.53. The zero-order chi connectivity index (χ0) is 10.2. The minimum absolute atomic E-state index is 0.0725. The van der Waals surface area contributed by atoms with Crippen molar-refractivity contribution in [1.29, 1.82) is 0 Å². The van der Waals surface area contributed by atoms with Crippen LogP contribution >= 0.6 is 0 Å². The number of aliphatic hydroxyl groups excluding tert-OH is 1. The van der Waals surface area contributed by atoms with E-state index in [2.05, 4.69) is 0 Å². The van der Waals surface area contributed by atoms with Gasteiger partial charge >= 0.3 is 0 Å². The molecule has 2 heteroatoms. The van der Waals surface area contributed by atoms with E-state index in [0.29, 0.717) is 6.61 Å². The number of ether oxygens (including phenoxy) is 1. The predicted octanol–water partition coefficient (Wildman–Crippen LogP) is 2.31. The van der Waals surface area contributed by atoms with Crippen LogP contribution in [0.15, 0.2) is 42.5 Å². The number of aliphatic hydroxyl groups is 1. The van der Waals surface area contributed by atoms with Crippen LogP contribution in [0.3, 0.4) is 0 Å². The quantitative estimate of drug-likeness (QED) is 0.725.